The van der Waals surface area contributed by atoms with Crippen LogP contribution in [0.15, 0.2) is 68.8 Å². The van der Waals surface area contributed by atoms with Gasteiger partial charge in [0.2, 0.25) is 5.13 Å². The maximum Gasteiger partial charge on any atom is 0.205 e. The number of thiazole rings is 1. The summed E-state index contributed by atoms with van der Waals surface area (Å²) >= 11 is 9.21. The van der Waals surface area contributed by atoms with E-state index in [0.717, 1.165) is 20.4 Å². The zero-order valence-electron chi connectivity index (χ0n) is 11.9. The summed E-state index contributed by atoms with van der Waals surface area (Å²) in [5.74, 6) is 0.494. The van der Waals surface area contributed by atoms with Crippen LogP contribution in [0.1, 0.15) is 5.56 Å². The van der Waals surface area contributed by atoms with Gasteiger partial charge in [-0.3, -0.25) is 5.43 Å². The van der Waals surface area contributed by atoms with Gasteiger partial charge in [0.15, 0.2) is 0 Å². The highest BCUT2D eigenvalue weighted by Gasteiger charge is 2.01. The Labute approximate surface area is 147 Å². The summed E-state index contributed by atoms with van der Waals surface area (Å²) in [5.41, 5.74) is 9.39. The smallest absolute Gasteiger partial charge is 0.205 e. The molecule has 7 heteroatoms. The van der Waals surface area contributed by atoms with Crippen molar-refractivity contribution < 1.29 is 0 Å². The van der Waals surface area contributed by atoms with E-state index in [1.165, 1.54) is 11.3 Å². The Morgan fingerprint density at radius 1 is 1.17 bits per heavy atom. The standard InChI is InChI=1S/C16H13ClN4S2/c17-13-3-1-2-4-14(13)23-12-7-5-11(6-8-12)9-19-21-16-20-15(18)10-22-16/h1-10H,18H2,(H,20,21). The summed E-state index contributed by atoms with van der Waals surface area (Å²) in [6.07, 6.45) is 1.74. The molecule has 0 saturated heterocycles. The molecular formula is C16H13ClN4S2. The van der Waals surface area contributed by atoms with Crippen LogP contribution in [0.4, 0.5) is 10.9 Å². The third-order valence-corrected chi connectivity index (χ3v) is 5.13. The minimum Gasteiger partial charge on any atom is -0.383 e. The first-order valence-electron chi connectivity index (χ1n) is 6.73. The second kappa shape index (κ2) is 7.50. The maximum atomic E-state index is 6.17. The van der Waals surface area contributed by atoms with E-state index >= 15 is 0 Å². The molecule has 0 unspecified atom stereocenters. The third kappa shape index (κ3) is 4.48. The van der Waals surface area contributed by atoms with Crippen molar-refractivity contribution in [2.75, 3.05) is 11.2 Å². The van der Waals surface area contributed by atoms with E-state index < -0.39 is 0 Å². The minimum absolute atomic E-state index is 0.494. The SMILES string of the molecule is Nc1csc(NN=Cc2ccc(Sc3ccccc3Cl)cc2)n1. The van der Waals surface area contributed by atoms with Crippen molar-refractivity contribution in [1.29, 1.82) is 0 Å². The zero-order chi connectivity index (χ0) is 16.1. The van der Waals surface area contributed by atoms with Crippen LogP contribution in [-0.4, -0.2) is 11.2 Å². The fourth-order valence-corrected chi connectivity index (χ4v) is 3.41. The van der Waals surface area contributed by atoms with E-state index in [1.807, 2.05) is 48.5 Å². The fourth-order valence-electron chi connectivity index (χ4n) is 1.78. The highest BCUT2D eigenvalue weighted by Crippen LogP contribution is 2.32. The molecule has 0 fully saturated rings. The largest absolute Gasteiger partial charge is 0.383 e. The normalized spacial score (nSPS) is 11.0. The van der Waals surface area contributed by atoms with Gasteiger partial charge >= 0.3 is 0 Å². The molecular weight excluding hydrogens is 348 g/mol. The molecule has 0 spiro atoms. The van der Waals surface area contributed by atoms with Gasteiger partial charge in [-0.15, -0.1) is 11.3 Å². The van der Waals surface area contributed by atoms with Crippen molar-refractivity contribution in [1.82, 2.24) is 4.98 Å². The van der Waals surface area contributed by atoms with Crippen LogP contribution >= 0.6 is 34.7 Å². The molecule has 0 atom stereocenters. The topological polar surface area (TPSA) is 63.3 Å². The molecule has 2 aromatic carbocycles. The predicted octanol–water partition coefficient (Wildman–Crippen LogP) is 4.98. The lowest BCUT2D eigenvalue weighted by Crippen LogP contribution is -1.91. The molecule has 0 bridgehead atoms. The molecule has 0 aliphatic heterocycles. The zero-order valence-corrected chi connectivity index (χ0v) is 14.3. The Balaban J connectivity index is 1.62. The molecule has 0 saturated carbocycles. The molecule has 1 heterocycles. The molecule has 3 aromatic rings. The van der Waals surface area contributed by atoms with Crippen molar-refractivity contribution >= 4 is 51.9 Å². The molecule has 116 valence electrons. The number of anilines is 2. The van der Waals surface area contributed by atoms with Crippen molar-refractivity contribution in [3.05, 3.63) is 64.5 Å². The van der Waals surface area contributed by atoms with Gasteiger partial charge in [0.1, 0.15) is 5.82 Å². The number of rotatable bonds is 5. The molecule has 23 heavy (non-hydrogen) atoms. The Morgan fingerprint density at radius 3 is 2.65 bits per heavy atom. The van der Waals surface area contributed by atoms with Gasteiger partial charge in [-0.05, 0) is 29.8 Å². The third-order valence-electron chi connectivity index (χ3n) is 2.84. The first-order valence-corrected chi connectivity index (χ1v) is 8.80. The van der Waals surface area contributed by atoms with E-state index in [4.69, 9.17) is 17.3 Å². The summed E-state index contributed by atoms with van der Waals surface area (Å²) in [5, 5.41) is 7.34. The highest BCUT2D eigenvalue weighted by molar-refractivity contribution is 7.99. The Bertz CT molecular complexity index is 815. The molecule has 0 radical (unpaired) electrons. The van der Waals surface area contributed by atoms with Gasteiger partial charge in [-0.2, -0.15) is 5.10 Å². The number of hydrogen-bond acceptors (Lipinski definition) is 6. The van der Waals surface area contributed by atoms with Gasteiger partial charge < -0.3 is 5.73 Å². The van der Waals surface area contributed by atoms with Crippen LogP contribution in [0.5, 0.6) is 0 Å². The van der Waals surface area contributed by atoms with Gasteiger partial charge in [-0.25, -0.2) is 4.98 Å². The summed E-state index contributed by atoms with van der Waals surface area (Å²) in [7, 11) is 0. The second-order valence-corrected chi connectivity index (χ2v) is 6.93. The van der Waals surface area contributed by atoms with Crippen LogP contribution < -0.4 is 11.2 Å². The van der Waals surface area contributed by atoms with Crippen LogP contribution in [-0.2, 0) is 0 Å². The molecule has 0 aliphatic rings. The average molecular weight is 361 g/mol. The molecule has 3 rings (SSSR count). The van der Waals surface area contributed by atoms with Crippen LogP contribution in [0.3, 0.4) is 0 Å². The number of nitrogen functional groups attached to an aromatic ring is 1. The van der Waals surface area contributed by atoms with Gasteiger partial charge in [0.25, 0.3) is 0 Å². The van der Waals surface area contributed by atoms with Crippen molar-refractivity contribution in [2.45, 2.75) is 9.79 Å². The van der Waals surface area contributed by atoms with E-state index in [9.17, 15) is 0 Å². The minimum atomic E-state index is 0.494. The molecule has 3 N–H and O–H groups in total. The number of hydrogen-bond donors (Lipinski definition) is 2. The first-order chi connectivity index (χ1) is 11.2. The van der Waals surface area contributed by atoms with E-state index in [2.05, 4.69) is 15.5 Å². The number of halogens is 1. The summed E-state index contributed by atoms with van der Waals surface area (Å²) < 4.78 is 0. The lowest BCUT2D eigenvalue weighted by atomic mass is 10.2. The van der Waals surface area contributed by atoms with Crippen LogP contribution in [0, 0.1) is 0 Å². The van der Waals surface area contributed by atoms with Gasteiger partial charge in [-0.1, -0.05) is 47.6 Å². The lowest BCUT2D eigenvalue weighted by Gasteiger charge is -2.04. The number of benzene rings is 2. The quantitative estimate of drug-likeness (QED) is 0.497. The van der Waals surface area contributed by atoms with E-state index in [1.54, 1.807) is 23.4 Å². The molecule has 4 nitrogen and oxygen atoms in total. The molecule has 1 aromatic heterocycles. The monoisotopic (exact) mass is 360 g/mol. The van der Waals surface area contributed by atoms with Crippen molar-refractivity contribution in [3.8, 4) is 0 Å². The first kappa shape index (κ1) is 15.9. The lowest BCUT2D eigenvalue weighted by molar-refractivity contribution is 1.29. The predicted molar refractivity (Wildman–Crippen MR) is 99.8 cm³/mol. The fraction of sp³-hybridized carbons (Fsp3) is 0. The number of nitrogens with two attached hydrogens (primary N) is 1. The van der Waals surface area contributed by atoms with Crippen molar-refractivity contribution in [3.63, 3.8) is 0 Å². The summed E-state index contributed by atoms with van der Waals surface area (Å²) in [6.45, 7) is 0. The summed E-state index contributed by atoms with van der Waals surface area (Å²) in [4.78, 5) is 6.23. The Morgan fingerprint density at radius 2 is 1.96 bits per heavy atom. The Hall–Kier alpha value is -2.02. The number of nitrogens with one attached hydrogen (secondary N) is 1. The summed E-state index contributed by atoms with van der Waals surface area (Å²) in [6, 6.07) is 15.9. The average Bonchev–Trinajstić information content (AvgIpc) is 2.97. The number of aromatic nitrogens is 1. The maximum absolute atomic E-state index is 6.17. The van der Waals surface area contributed by atoms with Gasteiger partial charge in [0.05, 0.1) is 11.2 Å². The van der Waals surface area contributed by atoms with Crippen molar-refractivity contribution in [2.24, 2.45) is 5.10 Å². The van der Waals surface area contributed by atoms with Crippen LogP contribution in [0.25, 0.3) is 0 Å². The Kier molecular flexibility index (Phi) is 5.17. The van der Waals surface area contributed by atoms with E-state index in [0.29, 0.717) is 10.9 Å². The highest BCUT2D eigenvalue weighted by atomic mass is 35.5. The number of nitrogens with zero attached hydrogens (tertiary/aromatic N) is 2. The van der Waals surface area contributed by atoms with Crippen LogP contribution in [0.2, 0.25) is 5.02 Å². The molecule has 0 amide bonds. The van der Waals surface area contributed by atoms with Gasteiger partial charge in [0, 0.05) is 15.2 Å². The molecule has 0 aliphatic carbocycles. The number of hydrazone groups is 1. The van der Waals surface area contributed by atoms with E-state index in [-0.39, 0.29) is 0 Å². The second-order valence-electron chi connectivity index (χ2n) is 4.55.